The predicted octanol–water partition coefficient (Wildman–Crippen LogP) is 2.43. The van der Waals surface area contributed by atoms with Crippen molar-refractivity contribution in [2.75, 3.05) is 0 Å². The van der Waals surface area contributed by atoms with Gasteiger partial charge in [-0.3, -0.25) is 24.0 Å². The van der Waals surface area contributed by atoms with E-state index in [4.69, 9.17) is 5.11 Å². The van der Waals surface area contributed by atoms with Gasteiger partial charge in [0, 0.05) is 23.3 Å². The normalized spacial score (nSPS) is 14.7. The second kappa shape index (κ2) is 19.4. The van der Waals surface area contributed by atoms with Crippen LogP contribution in [0.15, 0.2) is 30.3 Å². The maximum absolute atomic E-state index is 13.3. The molecule has 0 aliphatic rings. The molecule has 1 aromatic rings. The van der Waals surface area contributed by atoms with Gasteiger partial charge in [-0.05, 0) is 30.7 Å². The van der Waals surface area contributed by atoms with Crippen LogP contribution >= 0.6 is 22.6 Å². The Morgan fingerprint density at radius 1 is 0.902 bits per heavy atom. The van der Waals surface area contributed by atoms with Gasteiger partial charge in [0.25, 0.3) is 0 Å². The highest BCUT2D eigenvalue weighted by molar-refractivity contribution is 14.1. The molecule has 0 aliphatic heterocycles. The van der Waals surface area contributed by atoms with E-state index in [1.807, 2.05) is 73.7 Å². The highest BCUT2D eigenvalue weighted by atomic mass is 127. The minimum Gasteiger partial charge on any atom is -0.481 e. The van der Waals surface area contributed by atoms with Gasteiger partial charge in [0.1, 0.15) is 12.1 Å². The second-order valence-corrected chi connectivity index (χ2v) is 12.6. The Morgan fingerprint density at radius 2 is 1.56 bits per heavy atom. The first kappa shape index (κ1) is 36.3. The molecular formula is C29H45IN4O7. The zero-order chi connectivity index (χ0) is 30.9. The minimum atomic E-state index is -1.14. The smallest absolute Gasteiger partial charge is 0.303 e. The fraction of sp³-hybridized carbons (Fsp3) is 0.621. The molecule has 0 saturated heterocycles. The van der Waals surface area contributed by atoms with Crippen LogP contribution in [0, 0.1) is 5.92 Å². The summed E-state index contributed by atoms with van der Waals surface area (Å²) in [5.74, 6) is -2.70. The van der Waals surface area contributed by atoms with Crippen LogP contribution in [0.4, 0.5) is 0 Å². The van der Waals surface area contributed by atoms with E-state index in [9.17, 15) is 29.1 Å². The Morgan fingerprint density at radius 3 is 2.12 bits per heavy atom. The van der Waals surface area contributed by atoms with Crippen LogP contribution in [-0.2, 0) is 30.5 Å². The van der Waals surface area contributed by atoms with Gasteiger partial charge in [-0.25, -0.2) is 0 Å². The molecule has 0 fully saturated rings. The zero-order valence-electron chi connectivity index (χ0n) is 24.3. The number of halogens is 1. The van der Waals surface area contributed by atoms with Crippen molar-refractivity contribution in [3.8, 4) is 0 Å². The molecule has 0 spiro atoms. The lowest BCUT2D eigenvalue weighted by Gasteiger charge is -2.29. The number of carboxylic acid groups (broad SMARTS) is 1. The molecule has 5 atom stereocenters. The Balaban J connectivity index is 2.84. The number of aliphatic hydroxyl groups is 1. The van der Waals surface area contributed by atoms with E-state index in [1.54, 1.807) is 6.92 Å². The van der Waals surface area contributed by atoms with E-state index in [1.165, 1.54) is 0 Å². The van der Waals surface area contributed by atoms with E-state index in [-0.39, 0.29) is 41.4 Å². The average Bonchev–Trinajstić information content (AvgIpc) is 2.89. The SMILES string of the molecule is CCC[C@H](NC(=O)[C@@H](NC(=O)CCCC(=O)O)[C@H](C)I)C(=O)N[C@@H](CC(C)C)[C@@H](O)CC(=O)NCc1ccccc1. The minimum absolute atomic E-state index is 0.0357. The van der Waals surface area contributed by atoms with Crippen LogP contribution in [0.1, 0.15) is 78.2 Å². The third kappa shape index (κ3) is 15.2. The molecule has 0 saturated carbocycles. The Kier molecular flexibility index (Phi) is 17.2. The maximum Gasteiger partial charge on any atom is 0.303 e. The van der Waals surface area contributed by atoms with Gasteiger partial charge in [-0.2, -0.15) is 0 Å². The van der Waals surface area contributed by atoms with Gasteiger partial charge in [0.05, 0.1) is 18.6 Å². The van der Waals surface area contributed by atoms with Crippen LogP contribution in [0.3, 0.4) is 0 Å². The standard InChI is InChI=1S/C29H45IN4O7/c1-5-10-21(32-29(41)27(19(4)30)34-24(36)13-9-14-26(38)39)28(40)33-22(15-18(2)3)23(35)16-25(37)31-17-20-11-7-6-8-12-20/h6-8,11-12,18-19,21-23,27,35H,5,9-10,13-17H2,1-4H3,(H,31,37)(H,32,41)(H,33,40)(H,34,36)(H,38,39)/t19-,21-,22-,23-,27-/m0/s1. The summed E-state index contributed by atoms with van der Waals surface area (Å²) in [5, 5.41) is 30.6. The number of amides is 4. The Bertz CT molecular complexity index is 991. The maximum atomic E-state index is 13.3. The second-order valence-electron chi connectivity index (χ2n) is 10.6. The molecule has 0 radical (unpaired) electrons. The van der Waals surface area contributed by atoms with E-state index >= 15 is 0 Å². The van der Waals surface area contributed by atoms with Gasteiger partial charge in [-0.15, -0.1) is 0 Å². The molecule has 12 heteroatoms. The summed E-state index contributed by atoms with van der Waals surface area (Å²) in [5.41, 5.74) is 0.927. The quantitative estimate of drug-likeness (QED) is 0.0957. The number of benzene rings is 1. The van der Waals surface area contributed by atoms with Gasteiger partial charge >= 0.3 is 5.97 Å². The lowest BCUT2D eigenvalue weighted by molar-refractivity contribution is -0.137. The zero-order valence-corrected chi connectivity index (χ0v) is 26.5. The van der Waals surface area contributed by atoms with Crippen molar-refractivity contribution in [1.82, 2.24) is 21.3 Å². The number of nitrogens with one attached hydrogen (secondary N) is 4. The molecule has 4 amide bonds. The summed E-state index contributed by atoms with van der Waals surface area (Å²) in [6.45, 7) is 7.82. The number of carboxylic acids is 1. The molecule has 6 N–H and O–H groups in total. The van der Waals surface area contributed by atoms with Crippen molar-refractivity contribution in [3.05, 3.63) is 35.9 Å². The molecule has 0 unspecified atom stereocenters. The average molecular weight is 689 g/mol. The summed E-state index contributed by atoms with van der Waals surface area (Å²) >= 11 is 2.01. The highest BCUT2D eigenvalue weighted by Crippen LogP contribution is 2.13. The monoisotopic (exact) mass is 688 g/mol. The summed E-state index contributed by atoms with van der Waals surface area (Å²) < 4.78 is -0.314. The van der Waals surface area contributed by atoms with Crippen molar-refractivity contribution in [1.29, 1.82) is 0 Å². The molecule has 1 rings (SSSR count). The first-order valence-electron chi connectivity index (χ1n) is 14.1. The van der Waals surface area contributed by atoms with Crippen molar-refractivity contribution < 1.29 is 34.2 Å². The third-order valence-electron chi connectivity index (χ3n) is 6.31. The van der Waals surface area contributed by atoms with Crippen molar-refractivity contribution in [2.45, 2.75) is 107 Å². The molecule has 0 aromatic heterocycles. The third-order valence-corrected chi connectivity index (χ3v) is 7.03. The Labute approximate surface area is 256 Å². The molecule has 11 nitrogen and oxygen atoms in total. The topological polar surface area (TPSA) is 174 Å². The molecule has 0 aliphatic carbocycles. The van der Waals surface area contributed by atoms with Crippen molar-refractivity contribution in [2.24, 2.45) is 5.92 Å². The molecular weight excluding hydrogens is 643 g/mol. The van der Waals surface area contributed by atoms with E-state index in [2.05, 4.69) is 21.3 Å². The lowest BCUT2D eigenvalue weighted by Crippen LogP contribution is -2.58. The number of aliphatic hydroxyl groups excluding tert-OH is 1. The van der Waals surface area contributed by atoms with Crippen molar-refractivity contribution >= 4 is 52.2 Å². The summed E-state index contributed by atoms with van der Waals surface area (Å²) in [7, 11) is 0. The van der Waals surface area contributed by atoms with Gasteiger partial charge in [-0.1, -0.05) is 87.0 Å². The predicted molar refractivity (Wildman–Crippen MR) is 164 cm³/mol. The number of hydrogen-bond acceptors (Lipinski definition) is 6. The number of carbonyl (C=O) groups excluding carboxylic acids is 4. The summed E-state index contributed by atoms with van der Waals surface area (Å²) in [6, 6.07) is 6.84. The van der Waals surface area contributed by atoms with Crippen LogP contribution < -0.4 is 21.3 Å². The van der Waals surface area contributed by atoms with E-state index < -0.39 is 47.9 Å². The van der Waals surface area contributed by atoms with E-state index in [0.29, 0.717) is 25.8 Å². The first-order chi connectivity index (χ1) is 19.3. The number of carbonyl (C=O) groups is 5. The van der Waals surface area contributed by atoms with Crippen LogP contribution in [0.25, 0.3) is 0 Å². The highest BCUT2D eigenvalue weighted by Gasteiger charge is 2.31. The fourth-order valence-electron chi connectivity index (χ4n) is 4.16. The van der Waals surface area contributed by atoms with Crippen LogP contribution in [0.5, 0.6) is 0 Å². The molecule has 0 heterocycles. The largest absolute Gasteiger partial charge is 0.481 e. The number of aliphatic carboxylic acids is 1. The Hall–Kier alpha value is -2.74. The van der Waals surface area contributed by atoms with Gasteiger partial charge < -0.3 is 31.5 Å². The summed E-state index contributed by atoms with van der Waals surface area (Å²) in [4.78, 5) is 61.9. The summed E-state index contributed by atoms with van der Waals surface area (Å²) in [6.07, 6.45) is -0.0355. The van der Waals surface area contributed by atoms with Gasteiger partial charge in [0.15, 0.2) is 0 Å². The fourth-order valence-corrected chi connectivity index (χ4v) is 4.66. The van der Waals surface area contributed by atoms with E-state index in [0.717, 1.165) is 5.56 Å². The van der Waals surface area contributed by atoms with Crippen LogP contribution in [-0.4, -0.2) is 68.0 Å². The number of hydrogen-bond donors (Lipinski definition) is 6. The lowest BCUT2D eigenvalue weighted by atomic mass is 9.96. The number of rotatable bonds is 19. The molecule has 1 aromatic carbocycles. The molecule has 41 heavy (non-hydrogen) atoms. The first-order valence-corrected chi connectivity index (χ1v) is 15.3. The van der Waals surface area contributed by atoms with Crippen LogP contribution in [0.2, 0.25) is 0 Å². The molecule has 0 bridgehead atoms. The molecule has 230 valence electrons. The number of alkyl halides is 1. The van der Waals surface area contributed by atoms with Gasteiger partial charge in [0.2, 0.25) is 23.6 Å². The van der Waals surface area contributed by atoms with Crippen molar-refractivity contribution in [3.63, 3.8) is 0 Å².